The maximum absolute atomic E-state index is 12.8. The zero-order valence-corrected chi connectivity index (χ0v) is 16.5. The maximum Gasteiger partial charge on any atom is 0.243 e. The van der Waals surface area contributed by atoms with Gasteiger partial charge in [0, 0.05) is 29.9 Å². The van der Waals surface area contributed by atoms with Gasteiger partial charge >= 0.3 is 0 Å². The normalized spacial score (nSPS) is 16.3. The number of anilines is 1. The lowest BCUT2D eigenvalue weighted by molar-refractivity contribution is 0.286. The van der Waals surface area contributed by atoms with Crippen molar-refractivity contribution in [3.8, 4) is 0 Å². The van der Waals surface area contributed by atoms with Gasteiger partial charge in [-0.05, 0) is 37.1 Å². The van der Waals surface area contributed by atoms with Crippen LogP contribution in [0.1, 0.15) is 37.0 Å². The molecule has 1 N–H and O–H groups in total. The highest BCUT2D eigenvalue weighted by Gasteiger charge is 2.28. The fourth-order valence-corrected chi connectivity index (χ4v) is 5.44. The summed E-state index contributed by atoms with van der Waals surface area (Å²) in [5.74, 6) is 0. The Hall–Kier alpha value is -1.15. The van der Waals surface area contributed by atoms with Crippen molar-refractivity contribution in [1.82, 2.24) is 9.29 Å². The molecule has 0 unspecified atom stereocenters. The van der Waals surface area contributed by atoms with Crippen LogP contribution < -0.4 is 5.32 Å². The van der Waals surface area contributed by atoms with E-state index in [-0.39, 0.29) is 6.04 Å². The minimum absolute atomic E-state index is 0.118. The van der Waals surface area contributed by atoms with Gasteiger partial charge in [0.1, 0.15) is 0 Å². The van der Waals surface area contributed by atoms with Crippen LogP contribution in [0.5, 0.6) is 0 Å². The lowest BCUT2D eigenvalue weighted by Gasteiger charge is -2.30. The minimum Gasteiger partial charge on any atom is -0.380 e. The summed E-state index contributed by atoms with van der Waals surface area (Å²) < 4.78 is 27.7. The van der Waals surface area contributed by atoms with E-state index in [4.69, 9.17) is 11.6 Å². The lowest BCUT2D eigenvalue weighted by Crippen LogP contribution is -2.38. The van der Waals surface area contributed by atoms with Crippen LogP contribution in [0, 0.1) is 0 Å². The van der Waals surface area contributed by atoms with Crippen molar-refractivity contribution in [1.29, 1.82) is 0 Å². The number of thiazole rings is 1. The van der Waals surface area contributed by atoms with Gasteiger partial charge in [-0.25, -0.2) is 13.4 Å². The van der Waals surface area contributed by atoms with E-state index >= 15 is 0 Å². The van der Waals surface area contributed by atoms with Gasteiger partial charge in [-0.2, -0.15) is 4.31 Å². The van der Waals surface area contributed by atoms with E-state index in [0.717, 1.165) is 36.2 Å². The average Bonchev–Trinajstić information content (AvgIpc) is 3.06. The Morgan fingerprint density at radius 3 is 2.52 bits per heavy atom. The van der Waals surface area contributed by atoms with Gasteiger partial charge in [0.15, 0.2) is 4.47 Å². The van der Waals surface area contributed by atoms with Gasteiger partial charge < -0.3 is 5.32 Å². The summed E-state index contributed by atoms with van der Waals surface area (Å²) in [6.45, 7) is 0.610. The number of halogens is 1. The van der Waals surface area contributed by atoms with Crippen molar-refractivity contribution in [2.45, 2.75) is 49.6 Å². The third-order valence-electron chi connectivity index (χ3n) is 4.61. The molecule has 0 atom stereocenters. The number of rotatable bonds is 6. The van der Waals surface area contributed by atoms with Crippen LogP contribution in [0.2, 0.25) is 4.47 Å². The van der Waals surface area contributed by atoms with Gasteiger partial charge in [0.2, 0.25) is 10.0 Å². The molecule has 1 heterocycles. The van der Waals surface area contributed by atoms with Gasteiger partial charge in [-0.1, -0.05) is 30.9 Å². The minimum atomic E-state index is -3.44. The van der Waals surface area contributed by atoms with Gasteiger partial charge in [-0.15, -0.1) is 11.3 Å². The Balaban J connectivity index is 1.65. The van der Waals surface area contributed by atoms with E-state index in [9.17, 15) is 8.42 Å². The molecule has 1 aromatic heterocycles. The first-order valence-electron chi connectivity index (χ1n) is 8.39. The first-order chi connectivity index (χ1) is 12.0. The Morgan fingerprint density at radius 2 is 1.92 bits per heavy atom. The topological polar surface area (TPSA) is 62.3 Å². The largest absolute Gasteiger partial charge is 0.380 e. The highest BCUT2D eigenvalue weighted by molar-refractivity contribution is 7.89. The number of nitrogens with zero attached hydrogens (tertiary/aromatic N) is 2. The third-order valence-corrected chi connectivity index (χ3v) is 7.65. The van der Waals surface area contributed by atoms with Crippen molar-refractivity contribution >= 4 is 38.6 Å². The Bertz CT molecular complexity index is 800. The second-order valence-electron chi connectivity index (χ2n) is 6.27. The first-order valence-corrected chi connectivity index (χ1v) is 11.0. The zero-order chi connectivity index (χ0) is 17.9. The standard InChI is InChI=1S/C17H22ClN3O2S2/c1-21(14-5-3-2-4-6-14)25(22,23)16-9-7-13(8-10-16)19-11-15-12-20-17(18)24-15/h7-10,12,14,19H,2-6,11H2,1H3. The number of nitrogens with one attached hydrogen (secondary N) is 1. The summed E-state index contributed by atoms with van der Waals surface area (Å²) in [5.41, 5.74) is 0.865. The number of benzene rings is 1. The van der Waals surface area contributed by atoms with E-state index in [2.05, 4.69) is 10.3 Å². The van der Waals surface area contributed by atoms with E-state index in [1.54, 1.807) is 41.8 Å². The highest BCUT2D eigenvalue weighted by Crippen LogP contribution is 2.27. The van der Waals surface area contributed by atoms with Crippen molar-refractivity contribution < 1.29 is 8.42 Å². The molecule has 0 aliphatic heterocycles. The lowest BCUT2D eigenvalue weighted by atomic mass is 9.96. The molecule has 1 aliphatic rings. The van der Waals surface area contributed by atoms with E-state index < -0.39 is 10.0 Å². The molecule has 136 valence electrons. The Labute approximate surface area is 158 Å². The molecule has 0 spiro atoms. The predicted octanol–water partition coefficient (Wildman–Crippen LogP) is 4.36. The van der Waals surface area contributed by atoms with E-state index in [1.165, 1.54) is 17.8 Å². The van der Waals surface area contributed by atoms with Crippen LogP contribution >= 0.6 is 22.9 Å². The number of hydrogen-bond acceptors (Lipinski definition) is 5. The average molecular weight is 400 g/mol. The van der Waals surface area contributed by atoms with E-state index in [1.807, 2.05) is 0 Å². The molecule has 0 bridgehead atoms. The van der Waals surface area contributed by atoms with Crippen LogP contribution in [0.15, 0.2) is 35.4 Å². The quantitative estimate of drug-likeness (QED) is 0.783. The van der Waals surface area contributed by atoms with Crippen molar-refractivity contribution in [2.75, 3.05) is 12.4 Å². The van der Waals surface area contributed by atoms with Crippen LogP contribution in [-0.4, -0.2) is 30.8 Å². The van der Waals surface area contributed by atoms with Crippen LogP contribution in [0.4, 0.5) is 5.69 Å². The summed E-state index contributed by atoms with van der Waals surface area (Å²) in [6.07, 6.45) is 7.05. The molecule has 5 nitrogen and oxygen atoms in total. The second kappa shape index (κ2) is 8.03. The monoisotopic (exact) mass is 399 g/mol. The predicted molar refractivity (Wildman–Crippen MR) is 103 cm³/mol. The Morgan fingerprint density at radius 1 is 1.24 bits per heavy atom. The number of aromatic nitrogens is 1. The molecule has 0 radical (unpaired) electrons. The SMILES string of the molecule is CN(C1CCCCC1)S(=O)(=O)c1ccc(NCc2cnc(Cl)s2)cc1. The van der Waals surface area contributed by atoms with Crippen molar-refractivity contribution in [3.05, 3.63) is 39.8 Å². The van der Waals surface area contributed by atoms with E-state index in [0.29, 0.717) is 15.9 Å². The number of sulfonamides is 1. The summed E-state index contributed by atoms with van der Waals surface area (Å²) in [7, 11) is -1.74. The highest BCUT2D eigenvalue weighted by atomic mass is 35.5. The fraction of sp³-hybridized carbons (Fsp3) is 0.471. The summed E-state index contributed by atoms with van der Waals surface area (Å²) >= 11 is 7.24. The van der Waals surface area contributed by atoms with Crippen molar-refractivity contribution in [2.24, 2.45) is 0 Å². The second-order valence-corrected chi connectivity index (χ2v) is 9.97. The molecule has 1 aliphatic carbocycles. The molecule has 0 saturated heterocycles. The van der Waals surface area contributed by atoms with Crippen LogP contribution in [-0.2, 0) is 16.6 Å². The third kappa shape index (κ3) is 4.53. The molecule has 3 rings (SSSR count). The summed E-state index contributed by atoms with van der Waals surface area (Å²) in [4.78, 5) is 5.36. The molecule has 25 heavy (non-hydrogen) atoms. The Kier molecular flexibility index (Phi) is 5.99. The smallest absolute Gasteiger partial charge is 0.243 e. The summed E-state index contributed by atoms with van der Waals surface area (Å²) in [6, 6.07) is 7.04. The zero-order valence-electron chi connectivity index (χ0n) is 14.1. The van der Waals surface area contributed by atoms with Crippen LogP contribution in [0.3, 0.4) is 0 Å². The molecule has 0 amide bonds. The number of hydrogen-bond donors (Lipinski definition) is 1. The van der Waals surface area contributed by atoms with Crippen molar-refractivity contribution in [3.63, 3.8) is 0 Å². The van der Waals surface area contributed by atoms with Gasteiger partial charge in [0.25, 0.3) is 0 Å². The van der Waals surface area contributed by atoms with Gasteiger partial charge in [0.05, 0.1) is 11.4 Å². The summed E-state index contributed by atoms with van der Waals surface area (Å²) in [5, 5.41) is 3.25. The molecule has 1 aromatic carbocycles. The molecule has 1 saturated carbocycles. The first kappa shape index (κ1) is 18.6. The van der Waals surface area contributed by atoms with Gasteiger partial charge in [-0.3, -0.25) is 0 Å². The molecule has 2 aromatic rings. The maximum atomic E-state index is 12.8. The molecule has 1 fully saturated rings. The fourth-order valence-electron chi connectivity index (χ4n) is 3.11. The molecular weight excluding hydrogens is 378 g/mol. The molecular formula is C17H22ClN3O2S2. The van der Waals surface area contributed by atoms with Crippen LogP contribution in [0.25, 0.3) is 0 Å². The molecule has 8 heteroatoms.